The molecule has 0 unspecified atom stereocenters. The van der Waals surface area contributed by atoms with Gasteiger partial charge in [0.2, 0.25) is 7.28 Å². The lowest BCUT2D eigenvalue weighted by atomic mass is 9.62. The molecular formula is C14H9BF5O2. The summed E-state index contributed by atoms with van der Waals surface area (Å²) >= 11 is 0. The summed E-state index contributed by atoms with van der Waals surface area (Å²) in [5.74, 6) is -6.99. The Labute approximate surface area is 123 Å². The lowest BCUT2D eigenvalue weighted by Crippen LogP contribution is -2.36. The smallest absolute Gasteiger partial charge is 0.208 e. The van der Waals surface area contributed by atoms with E-state index in [0.717, 1.165) is 20.3 Å². The van der Waals surface area contributed by atoms with Gasteiger partial charge < -0.3 is 9.47 Å². The Balaban J connectivity index is 2.59. The molecule has 0 atom stereocenters. The molecule has 115 valence electrons. The molecule has 0 saturated carbocycles. The number of ether oxygens (including phenoxy) is 2. The van der Waals surface area contributed by atoms with Crippen LogP contribution in [0.15, 0.2) is 18.2 Å². The van der Waals surface area contributed by atoms with Crippen LogP contribution in [0.2, 0.25) is 0 Å². The van der Waals surface area contributed by atoms with Crippen LogP contribution in [0.25, 0.3) is 0 Å². The predicted molar refractivity (Wildman–Crippen MR) is 70.8 cm³/mol. The van der Waals surface area contributed by atoms with E-state index in [4.69, 9.17) is 4.74 Å². The molecule has 0 heterocycles. The van der Waals surface area contributed by atoms with Crippen molar-refractivity contribution < 1.29 is 31.4 Å². The van der Waals surface area contributed by atoms with E-state index < -0.39 is 45.8 Å². The van der Waals surface area contributed by atoms with E-state index in [-0.39, 0.29) is 5.75 Å². The van der Waals surface area contributed by atoms with Crippen molar-refractivity contribution in [3.8, 4) is 11.5 Å². The van der Waals surface area contributed by atoms with Gasteiger partial charge in [0.25, 0.3) is 0 Å². The van der Waals surface area contributed by atoms with Crippen LogP contribution in [-0.2, 0) is 0 Å². The average molecular weight is 315 g/mol. The third kappa shape index (κ3) is 2.86. The SMILES string of the molecule is COc1cc(F)c(F)c([B]c2c(F)cc(F)cc2OC)c1F. The molecule has 1 radical (unpaired) electrons. The Bertz CT molecular complexity index is 721. The minimum absolute atomic E-state index is 0.292. The molecule has 0 aliphatic rings. The predicted octanol–water partition coefficient (Wildman–Crippen LogP) is 2.05. The molecular weight excluding hydrogens is 306 g/mol. The second kappa shape index (κ2) is 6.25. The van der Waals surface area contributed by atoms with E-state index in [9.17, 15) is 22.0 Å². The van der Waals surface area contributed by atoms with Crippen molar-refractivity contribution >= 4 is 18.2 Å². The van der Waals surface area contributed by atoms with Gasteiger partial charge in [-0.1, -0.05) is 0 Å². The molecule has 0 aromatic heterocycles. The van der Waals surface area contributed by atoms with Crippen LogP contribution in [0.5, 0.6) is 11.5 Å². The molecule has 8 heteroatoms. The molecule has 2 rings (SSSR count). The quantitative estimate of drug-likeness (QED) is 0.488. The molecule has 0 saturated heterocycles. The Hall–Kier alpha value is -2.25. The molecule has 0 bridgehead atoms. The van der Waals surface area contributed by atoms with Gasteiger partial charge in [0, 0.05) is 18.2 Å². The normalized spacial score (nSPS) is 10.5. The van der Waals surface area contributed by atoms with Crippen LogP contribution in [0.1, 0.15) is 0 Å². The molecule has 0 N–H and O–H groups in total. The van der Waals surface area contributed by atoms with E-state index in [1.165, 1.54) is 0 Å². The maximum Gasteiger partial charge on any atom is 0.208 e. The van der Waals surface area contributed by atoms with Gasteiger partial charge in [0.15, 0.2) is 23.2 Å². The van der Waals surface area contributed by atoms with E-state index in [2.05, 4.69) is 4.74 Å². The van der Waals surface area contributed by atoms with Crippen molar-refractivity contribution in [1.82, 2.24) is 0 Å². The molecule has 2 aromatic carbocycles. The van der Waals surface area contributed by atoms with Crippen LogP contribution < -0.4 is 20.4 Å². The highest BCUT2D eigenvalue weighted by atomic mass is 19.2. The number of methoxy groups -OCH3 is 2. The fraction of sp³-hybridized carbons (Fsp3) is 0.143. The fourth-order valence-electron chi connectivity index (χ4n) is 1.89. The Kier molecular flexibility index (Phi) is 4.58. The summed E-state index contributed by atoms with van der Waals surface area (Å²) in [4.78, 5) is 0. The van der Waals surface area contributed by atoms with Crippen molar-refractivity contribution in [2.75, 3.05) is 14.2 Å². The largest absolute Gasteiger partial charge is 0.497 e. The molecule has 0 fully saturated rings. The van der Waals surface area contributed by atoms with Crippen LogP contribution in [0.3, 0.4) is 0 Å². The van der Waals surface area contributed by atoms with Gasteiger partial charge in [-0.15, -0.1) is 0 Å². The van der Waals surface area contributed by atoms with Gasteiger partial charge in [-0.25, -0.2) is 22.0 Å². The van der Waals surface area contributed by atoms with Gasteiger partial charge in [-0.3, -0.25) is 0 Å². The lowest BCUT2D eigenvalue weighted by molar-refractivity contribution is 0.379. The van der Waals surface area contributed by atoms with Gasteiger partial charge in [-0.2, -0.15) is 0 Å². The summed E-state index contributed by atoms with van der Waals surface area (Å²) in [7, 11) is 2.88. The molecule has 0 aliphatic carbocycles. The van der Waals surface area contributed by atoms with Crippen molar-refractivity contribution in [1.29, 1.82) is 0 Å². The zero-order valence-corrected chi connectivity index (χ0v) is 11.5. The summed E-state index contributed by atoms with van der Waals surface area (Å²) in [5.41, 5.74) is -1.28. The van der Waals surface area contributed by atoms with E-state index >= 15 is 0 Å². The highest BCUT2D eigenvalue weighted by Crippen LogP contribution is 2.19. The molecule has 2 nitrogen and oxygen atoms in total. The zero-order chi connectivity index (χ0) is 16.4. The van der Waals surface area contributed by atoms with E-state index in [0.29, 0.717) is 19.4 Å². The van der Waals surface area contributed by atoms with Gasteiger partial charge in [-0.05, 0) is 10.9 Å². The topological polar surface area (TPSA) is 18.5 Å². The van der Waals surface area contributed by atoms with Crippen LogP contribution in [0, 0.1) is 29.1 Å². The summed E-state index contributed by atoms with van der Waals surface area (Å²) in [6.45, 7) is 0. The number of benzene rings is 2. The third-order valence-corrected chi connectivity index (χ3v) is 2.94. The molecule has 0 spiro atoms. The van der Waals surface area contributed by atoms with Crippen molar-refractivity contribution in [3.05, 3.63) is 47.3 Å². The summed E-state index contributed by atoms with van der Waals surface area (Å²) in [6.07, 6.45) is 0. The maximum absolute atomic E-state index is 14.0. The van der Waals surface area contributed by atoms with E-state index in [1.807, 2.05) is 0 Å². The van der Waals surface area contributed by atoms with Gasteiger partial charge >= 0.3 is 0 Å². The monoisotopic (exact) mass is 315 g/mol. The van der Waals surface area contributed by atoms with E-state index in [1.54, 1.807) is 0 Å². The number of rotatable bonds is 4. The molecule has 22 heavy (non-hydrogen) atoms. The van der Waals surface area contributed by atoms with Gasteiger partial charge in [0.1, 0.15) is 17.4 Å². The molecule has 0 aliphatic heterocycles. The minimum Gasteiger partial charge on any atom is -0.497 e. The van der Waals surface area contributed by atoms with Gasteiger partial charge in [0.05, 0.1) is 14.2 Å². The minimum atomic E-state index is -1.52. The average Bonchev–Trinajstić information content (AvgIpc) is 2.48. The highest BCUT2D eigenvalue weighted by molar-refractivity contribution is 6.68. The standard InChI is InChI=1S/C14H9BF5O2/c1-21-9-4-6(16)3-7(17)11(9)15-12-13(19)8(18)5-10(22-2)14(12)20/h3-5H,1-2H3. The summed E-state index contributed by atoms with van der Waals surface area (Å²) in [5, 5.41) is 0. The first kappa shape index (κ1) is 16.1. The van der Waals surface area contributed by atoms with Crippen LogP contribution >= 0.6 is 0 Å². The first-order chi connectivity index (χ1) is 10.4. The Morgan fingerprint density at radius 2 is 1.36 bits per heavy atom. The van der Waals surface area contributed by atoms with Crippen molar-refractivity contribution in [2.45, 2.75) is 0 Å². The second-order valence-corrected chi connectivity index (χ2v) is 4.25. The zero-order valence-electron chi connectivity index (χ0n) is 11.5. The van der Waals surface area contributed by atoms with Crippen molar-refractivity contribution in [2.24, 2.45) is 0 Å². The van der Waals surface area contributed by atoms with Crippen LogP contribution in [-0.4, -0.2) is 21.5 Å². The summed E-state index contributed by atoms with van der Waals surface area (Å²) in [6, 6.07) is 1.88. The maximum atomic E-state index is 14.0. The number of hydrogen-bond acceptors (Lipinski definition) is 2. The van der Waals surface area contributed by atoms with Crippen LogP contribution in [0.4, 0.5) is 22.0 Å². The second-order valence-electron chi connectivity index (χ2n) is 4.25. The summed E-state index contributed by atoms with van der Waals surface area (Å²) < 4.78 is 77.5. The molecule has 0 amide bonds. The highest BCUT2D eigenvalue weighted by Gasteiger charge is 2.23. The first-order valence-electron chi connectivity index (χ1n) is 5.98. The molecule has 2 aromatic rings. The van der Waals surface area contributed by atoms with Crippen molar-refractivity contribution in [3.63, 3.8) is 0 Å². The Morgan fingerprint density at radius 3 is 1.95 bits per heavy atom. The lowest BCUT2D eigenvalue weighted by Gasteiger charge is -2.12. The first-order valence-corrected chi connectivity index (χ1v) is 5.98. The third-order valence-electron chi connectivity index (χ3n) is 2.94. The fourth-order valence-corrected chi connectivity index (χ4v) is 1.89. The number of hydrogen-bond donors (Lipinski definition) is 0. The number of halogens is 5. The Morgan fingerprint density at radius 1 is 0.727 bits per heavy atom.